The van der Waals surface area contributed by atoms with Gasteiger partial charge in [0.15, 0.2) is 11.6 Å². The van der Waals surface area contributed by atoms with Crippen molar-refractivity contribution < 1.29 is 13.9 Å². The molecule has 2 aromatic carbocycles. The number of carbonyl (C=O) groups excluding carboxylic acids is 1. The quantitative estimate of drug-likeness (QED) is 0.494. The molecule has 0 saturated heterocycles. The van der Waals surface area contributed by atoms with Crippen LogP contribution in [-0.4, -0.2) is 27.6 Å². The van der Waals surface area contributed by atoms with Crippen molar-refractivity contribution in [1.82, 2.24) is 14.5 Å². The van der Waals surface area contributed by atoms with Crippen molar-refractivity contribution in [3.63, 3.8) is 0 Å². The number of amides is 1. The molecule has 1 amide bonds. The fraction of sp³-hybridized carbons (Fsp3) is 0.174. The third-order valence-corrected chi connectivity index (χ3v) is 5.07. The standard InChI is InChI=1S/C23H22FN5O2/c1-13-9-17-18(21(25)30)10-16(24)11-19(17)29(13)23-27-14(2)20(31-3)22(28-23)26-12-15-7-5-4-6-8-15/h4-11H,12H2,1-3H3,(H2,25,30)(H,26,27,28). The van der Waals surface area contributed by atoms with E-state index in [0.717, 1.165) is 17.3 Å². The molecule has 0 radical (unpaired) electrons. The fourth-order valence-electron chi connectivity index (χ4n) is 3.67. The second-order valence-electron chi connectivity index (χ2n) is 7.20. The highest BCUT2D eigenvalue weighted by atomic mass is 19.1. The molecule has 2 heterocycles. The summed E-state index contributed by atoms with van der Waals surface area (Å²) in [6.07, 6.45) is 0. The maximum absolute atomic E-state index is 14.3. The Kier molecular flexibility index (Phi) is 5.29. The highest BCUT2D eigenvalue weighted by Gasteiger charge is 2.19. The number of nitrogens with zero attached hydrogens (tertiary/aromatic N) is 3. The zero-order chi connectivity index (χ0) is 22.1. The first kappa shape index (κ1) is 20.3. The number of carbonyl (C=O) groups is 1. The molecule has 0 aliphatic heterocycles. The van der Waals surface area contributed by atoms with Gasteiger partial charge in [-0.2, -0.15) is 4.98 Å². The summed E-state index contributed by atoms with van der Waals surface area (Å²) in [4.78, 5) is 21.0. The van der Waals surface area contributed by atoms with Crippen LogP contribution < -0.4 is 15.8 Å². The minimum absolute atomic E-state index is 0.115. The molecule has 158 valence electrons. The Balaban J connectivity index is 1.85. The number of methoxy groups -OCH3 is 1. The van der Waals surface area contributed by atoms with Crippen molar-refractivity contribution >= 4 is 22.6 Å². The monoisotopic (exact) mass is 419 g/mol. The van der Waals surface area contributed by atoms with Crippen molar-refractivity contribution in [3.05, 3.63) is 76.9 Å². The van der Waals surface area contributed by atoms with Gasteiger partial charge in [-0.3, -0.25) is 9.36 Å². The molecule has 0 fully saturated rings. The smallest absolute Gasteiger partial charge is 0.249 e. The van der Waals surface area contributed by atoms with E-state index in [1.54, 1.807) is 17.7 Å². The Bertz CT molecular complexity index is 1280. The summed E-state index contributed by atoms with van der Waals surface area (Å²) in [6, 6.07) is 14.1. The lowest BCUT2D eigenvalue weighted by atomic mass is 10.1. The number of ether oxygens (including phenoxy) is 1. The number of hydrogen-bond donors (Lipinski definition) is 2. The van der Waals surface area contributed by atoms with E-state index in [1.165, 1.54) is 6.07 Å². The number of aromatic nitrogens is 3. The van der Waals surface area contributed by atoms with Crippen LogP contribution in [0.4, 0.5) is 10.2 Å². The third-order valence-electron chi connectivity index (χ3n) is 5.07. The summed E-state index contributed by atoms with van der Waals surface area (Å²) in [5, 5.41) is 3.84. The number of benzene rings is 2. The maximum Gasteiger partial charge on any atom is 0.249 e. The first-order valence-corrected chi connectivity index (χ1v) is 9.71. The van der Waals surface area contributed by atoms with Gasteiger partial charge in [0.25, 0.3) is 0 Å². The maximum atomic E-state index is 14.3. The van der Waals surface area contributed by atoms with Gasteiger partial charge in [0, 0.05) is 17.6 Å². The molecular weight excluding hydrogens is 397 g/mol. The average molecular weight is 419 g/mol. The predicted molar refractivity (Wildman–Crippen MR) is 117 cm³/mol. The van der Waals surface area contributed by atoms with Gasteiger partial charge in [0.1, 0.15) is 5.82 Å². The molecule has 2 aromatic heterocycles. The normalized spacial score (nSPS) is 11.0. The number of nitrogens with one attached hydrogen (secondary N) is 1. The van der Waals surface area contributed by atoms with Gasteiger partial charge in [0.05, 0.1) is 23.9 Å². The molecule has 0 saturated carbocycles. The van der Waals surface area contributed by atoms with Crippen LogP contribution in [0, 0.1) is 19.7 Å². The lowest BCUT2D eigenvalue weighted by Crippen LogP contribution is -2.12. The SMILES string of the molecule is COc1c(C)nc(-n2c(C)cc3c(C(N)=O)cc(F)cc32)nc1NCc1ccccc1. The van der Waals surface area contributed by atoms with E-state index < -0.39 is 11.7 Å². The molecule has 7 nitrogen and oxygen atoms in total. The van der Waals surface area contributed by atoms with E-state index in [1.807, 2.05) is 44.2 Å². The minimum atomic E-state index is -0.696. The number of nitrogens with two attached hydrogens (primary N) is 1. The van der Waals surface area contributed by atoms with Gasteiger partial charge in [0.2, 0.25) is 11.9 Å². The van der Waals surface area contributed by atoms with E-state index in [4.69, 9.17) is 10.5 Å². The molecule has 0 aliphatic rings. The summed E-state index contributed by atoms with van der Waals surface area (Å²) in [5.41, 5.74) is 8.47. The number of halogens is 1. The molecule has 31 heavy (non-hydrogen) atoms. The van der Waals surface area contributed by atoms with Crippen molar-refractivity contribution in [2.75, 3.05) is 12.4 Å². The second-order valence-corrected chi connectivity index (χ2v) is 7.20. The number of hydrogen-bond acceptors (Lipinski definition) is 5. The molecule has 4 aromatic rings. The van der Waals surface area contributed by atoms with Crippen LogP contribution in [0.2, 0.25) is 0 Å². The van der Waals surface area contributed by atoms with Crippen LogP contribution >= 0.6 is 0 Å². The zero-order valence-electron chi connectivity index (χ0n) is 17.4. The lowest BCUT2D eigenvalue weighted by molar-refractivity contribution is 0.100. The van der Waals surface area contributed by atoms with Crippen LogP contribution in [0.3, 0.4) is 0 Å². The van der Waals surface area contributed by atoms with Gasteiger partial charge in [-0.05, 0) is 37.6 Å². The Morgan fingerprint density at radius 2 is 1.90 bits per heavy atom. The Labute approximate surface area is 178 Å². The molecule has 0 atom stereocenters. The van der Waals surface area contributed by atoms with Crippen LogP contribution in [0.5, 0.6) is 5.75 Å². The van der Waals surface area contributed by atoms with Crippen molar-refractivity contribution in [2.45, 2.75) is 20.4 Å². The molecule has 3 N–H and O–H groups in total. The summed E-state index contributed by atoms with van der Waals surface area (Å²) in [6.45, 7) is 4.19. The minimum Gasteiger partial charge on any atom is -0.491 e. The second kappa shape index (κ2) is 8.06. The van der Waals surface area contributed by atoms with E-state index in [-0.39, 0.29) is 5.56 Å². The molecule has 0 unspecified atom stereocenters. The lowest BCUT2D eigenvalue weighted by Gasteiger charge is -2.15. The topological polar surface area (TPSA) is 95.1 Å². The highest BCUT2D eigenvalue weighted by molar-refractivity contribution is 6.06. The van der Waals surface area contributed by atoms with Gasteiger partial charge in [-0.25, -0.2) is 9.37 Å². The van der Waals surface area contributed by atoms with Gasteiger partial charge >= 0.3 is 0 Å². The predicted octanol–water partition coefficient (Wildman–Crippen LogP) is 3.90. The summed E-state index contributed by atoms with van der Waals surface area (Å²) in [5.74, 6) is 0.119. The third kappa shape index (κ3) is 3.79. The van der Waals surface area contributed by atoms with Crippen LogP contribution in [0.15, 0.2) is 48.5 Å². The average Bonchev–Trinajstić information content (AvgIpc) is 3.07. The van der Waals surface area contributed by atoms with E-state index in [2.05, 4.69) is 15.3 Å². The van der Waals surface area contributed by atoms with E-state index in [9.17, 15) is 9.18 Å². The first-order valence-electron chi connectivity index (χ1n) is 9.71. The Hall–Kier alpha value is -3.94. The Morgan fingerprint density at radius 1 is 1.16 bits per heavy atom. The van der Waals surface area contributed by atoms with Crippen LogP contribution in [0.1, 0.15) is 27.3 Å². The number of anilines is 1. The first-order chi connectivity index (χ1) is 14.9. The van der Waals surface area contributed by atoms with Crippen molar-refractivity contribution in [2.24, 2.45) is 5.73 Å². The molecule has 0 spiro atoms. The van der Waals surface area contributed by atoms with Crippen LogP contribution in [-0.2, 0) is 6.54 Å². The number of aryl methyl sites for hydroxylation is 2. The number of fused-ring (bicyclic) bond motifs is 1. The van der Waals surface area contributed by atoms with Gasteiger partial charge in [-0.15, -0.1) is 0 Å². The molecule has 4 rings (SSSR count). The fourth-order valence-corrected chi connectivity index (χ4v) is 3.67. The number of primary amides is 1. The summed E-state index contributed by atoms with van der Waals surface area (Å²) < 4.78 is 21.5. The van der Waals surface area contributed by atoms with Crippen LogP contribution in [0.25, 0.3) is 16.9 Å². The van der Waals surface area contributed by atoms with Gasteiger partial charge in [-0.1, -0.05) is 30.3 Å². The molecule has 0 aliphatic carbocycles. The molecule has 0 bridgehead atoms. The molecule has 8 heteroatoms. The molecular formula is C23H22FN5O2. The van der Waals surface area contributed by atoms with Crippen molar-refractivity contribution in [1.29, 1.82) is 0 Å². The number of rotatable bonds is 6. The largest absolute Gasteiger partial charge is 0.491 e. The van der Waals surface area contributed by atoms with Gasteiger partial charge < -0.3 is 15.8 Å². The van der Waals surface area contributed by atoms with Crippen molar-refractivity contribution in [3.8, 4) is 11.7 Å². The summed E-state index contributed by atoms with van der Waals surface area (Å²) in [7, 11) is 1.56. The van der Waals surface area contributed by atoms with E-state index in [0.29, 0.717) is 40.7 Å². The summed E-state index contributed by atoms with van der Waals surface area (Å²) >= 11 is 0. The van der Waals surface area contributed by atoms with E-state index >= 15 is 0 Å². The zero-order valence-corrected chi connectivity index (χ0v) is 17.4. The highest BCUT2D eigenvalue weighted by Crippen LogP contribution is 2.31. The Morgan fingerprint density at radius 3 is 2.58 bits per heavy atom.